The third kappa shape index (κ3) is 10.6. The molecule has 4 aromatic carbocycles. The van der Waals surface area contributed by atoms with Crippen LogP contribution < -0.4 is 5.73 Å². The minimum absolute atomic E-state index is 0.216. The minimum Gasteiger partial charge on any atom is -0.461 e. The van der Waals surface area contributed by atoms with E-state index in [0.717, 1.165) is 43.9 Å². The van der Waals surface area contributed by atoms with Gasteiger partial charge in [0.1, 0.15) is 13.2 Å². The fourth-order valence-electron chi connectivity index (χ4n) is 4.01. The average molecular weight is 592 g/mol. The van der Waals surface area contributed by atoms with Crippen LogP contribution in [0.25, 0.3) is 21.5 Å². The van der Waals surface area contributed by atoms with E-state index in [4.69, 9.17) is 22.1 Å². The number of rotatable bonds is 6. The van der Waals surface area contributed by atoms with Crippen LogP contribution in [0.2, 0.25) is 0 Å². The van der Waals surface area contributed by atoms with Crippen molar-refractivity contribution in [3.8, 4) is 0 Å². The van der Waals surface area contributed by atoms with E-state index in [9.17, 15) is 9.59 Å². The number of carbonyl (C=O) groups excluding carboxylic acids is 2. The van der Waals surface area contributed by atoms with Crippen LogP contribution in [-0.4, -0.2) is 21.4 Å². The van der Waals surface area contributed by atoms with Crippen LogP contribution in [0.1, 0.15) is 16.7 Å². The van der Waals surface area contributed by atoms with Gasteiger partial charge in [0.25, 0.3) is 0 Å². The Morgan fingerprint density at radius 2 is 1.14 bits per heavy atom. The molecule has 0 radical (unpaired) electrons. The second-order valence-electron chi connectivity index (χ2n) is 9.37. The van der Waals surface area contributed by atoms with Crippen molar-refractivity contribution in [2.24, 2.45) is 0 Å². The number of hydrogen-bond acceptors (Lipinski definition) is 7. The van der Waals surface area contributed by atoms with Gasteiger partial charge in [-0.3, -0.25) is 14.8 Å². The minimum atomic E-state index is -0.770. The Morgan fingerprint density at radius 1 is 0.605 bits per heavy atom. The van der Waals surface area contributed by atoms with E-state index in [2.05, 4.69) is 14.7 Å². The molecule has 0 aliphatic heterocycles. The highest BCUT2D eigenvalue weighted by Gasteiger charge is 2.06. The van der Waals surface area contributed by atoms with Crippen molar-refractivity contribution in [2.45, 2.75) is 19.6 Å². The molecule has 0 spiro atoms. The zero-order chi connectivity index (χ0) is 30.3. The third-order valence-electron chi connectivity index (χ3n) is 6.16. The van der Waals surface area contributed by atoms with E-state index in [-0.39, 0.29) is 19.0 Å². The quantitative estimate of drug-likeness (QED) is 0.119. The van der Waals surface area contributed by atoms with Crippen molar-refractivity contribution >= 4 is 50.2 Å². The van der Waals surface area contributed by atoms with Crippen molar-refractivity contribution in [1.29, 1.82) is 0 Å². The lowest BCUT2D eigenvalue weighted by Crippen LogP contribution is -2.07. The second kappa shape index (κ2) is 16.2. The highest BCUT2D eigenvalue weighted by Crippen LogP contribution is 2.16. The van der Waals surface area contributed by atoms with Gasteiger partial charge in [-0.2, -0.15) is 0 Å². The molecule has 0 atom stereocenters. The van der Waals surface area contributed by atoms with Crippen LogP contribution in [0, 0.1) is 0 Å². The topological polar surface area (TPSA) is 104 Å². The summed E-state index contributed by atoms with van der Waals surface area (Å²) in [5.74, 6) is -0.216. The van der Waals surface area contributed by atoms with Gasteiger partial charge in [-0.25, -0.2) is 4.79 Å². The Balaban J connectivity index is 0.000000162. The fourth-order valence-corrected chi connectivity index (χ4v) is 4.07. The number of nitrogens with zero attached hydrogens (tertiary/aromatic N) is 2. The number of nitrogen functional groups attached to an aromatic ring is 1. The maximum absolute atomic E-state index is 11.9. The summed E-state index contributed by atoms with van der Waals surface area (Å²) in [5, 5.41) is 4.42. The number of esters is 1. The van der Waals surface area contributed by atoms with Crippen LogP contribution in [0.15, 0.2) is 134 Å². The molecule has 8 heteroatoms. The first-order chi connectivity index (χ1) is 21.0. The van der Waals surface area contributed by atoms with E-state index < -0.39 is 5.43 Å². The molecule has 6 aromatic rings. The smallest absolute Gasteiger partial charge is 0.404 e. The first kappa shape index (κ1) is 30.7. The summed E-state index contributed by atoms with van der Waals surface area (Å²) >= 11 is 4.97. The third-order valence-corrected chi connectivity index (χ3v) is 6.26. The van der Waals surface area contributed by atoms with Crippen molar-refractivity contribution in [3.05, 3.63) is 151 Å². The summed E-state index contributed by atoms with van der Waals surface area (Å²) in [6.07, 6.45) is 7.44. The van der Waals surface area contributed by atoms with Gasteiger partial charge in [-0.15, -0.1) is 0 Å². The van der Waals surface area contributed by atoms with E-state index in [1.54, 1.807) is 12.4 Å². The Hall–Kier alpha value is -5.27. The predicted octanol–water partition coefficient (Wildman–Crippen LogP) is 7.90. The number of aromatic nitrogens is 2. The lowest BCUT2D eigenvalue weighted by molar-refractivity contribution is -0.144. The van der Waals surface area contributed by atoms with Crippen molar-refractivity contribution in [2.75, 3.05) is 5.73 Å². The van der Waals surface area contributed by atoms with Crippen LogP contribution in [-0.2, 0) is 33.9 Å². The molecule has 0 fully saturated rings. The summed E-state index contributed by atoms with van der Waals surface area (Å²) < 4.78 is 9.85. The zero-order valence-electron chi connectivity index (χ0n) is 23.3. The SMILES string of the molecule is Nc1ccc2cnccc2c1.O=C(Cc1ccc2cnccc2c1)OCc1ccccc1.O=C(Cl)OCc1ccccc1. The largest absolute Gasteiger partial charge is 0.461 e. The molecule has 2 heterocycles. The van der Waals surface area contributed by atoms with E-state index in [1.165, 1.54) is 0 Å². The Labute approximate surface area is 254 Å². The number of nitrogens with two attached hydrogens (primary N) is 1. The maximum atomic E-state index is 11.9. The van der Waals surface area contributed by atoms with Gasteiger partial charge >= 0.3 is 11.4 Å². The molecule has 0 bridgehead atoms. The van der Waals surface area contributed by atoms with Crippen molar-refractivity contribution in [1.82, 2.24) is 9.97 Å². The number of anilines is 1. The van der Waals surface area contributed by atoms with Crippen LogP contribution in [0.5, 0.6) is 0 Å². The highest BCUT2D eigenvalue weighted by atomic mass is 35.5. The molecule has 6 rings (SSSR count). The van der Waals surface area contributed by atoms with E-state index in [0.29, 0.717) is 6.61 Å². The van der Waals surface area contributed by atoms with E-state index >= 15 is 0 Å². The van der Waals surface area contributed by atoms with Gasteiger partial charge in [-0.1, -0.05) is 84.9 Å². The fraction of sp³-hybridized carbons (Fsp3) is 0.0857. The number of ether oxygens (including phenoxy) is 2. The van der Waals surface area contributed by atoms with Crippen LogP contribution in [0.4, 0.5) is 10.5 Å². The Bertz CT molecular complexity index is 1770. The van der Waals surface area contributed by atoms with Gasteiger partial charge in [0.2, 0.25) is 0 Å². The molecule has 7 nitrogen and oxygen atoms in total. The Morgan fingerprint density at radius 3 is 1.72 bits per heavy atom. The molecule has 2 aromatic heterocycles. The van der Waals surface area contributed by atoms with Gasteiger partial charge in [-0.05, 0) is 51.7 Å². The summed E-state index contributed by atoms with van der Waals surface area (Å²) in [6.45, 7) is 0.556. The molecular weight excluding hydrogens is 562 g/mol. The van der Waals surface area contributed by atoms with Gasteiger partial charge in [0, 0.05) is 52.8 Å². The molecule has 0 amide bonds. The zero-order valence-corrected chi connectivity index (χ0v) is 24.1. The number of carbonyl (C=O) groups is 2. The summed E-state index contributed by atoms with van der Waals surface area (Å²) in [6, 6.07) is 34.6. The summed E-state index contributed by atoms with van der Waals surface area (Å²) in [7, 11) is 0. The molecule has 43 heavy (non-hydrogen) atoms. The molecule has 0 aliphatic carbocycles. The summed E-state index contributed by atoms with van der Waals surface area (Å²) in [5.41, 5.74) is 8.51. The van der Waals surface area contributed by atoms with Crippen LogP contribution >= 0.6 is 11.6 Å². The molecule has 0 aliphatic rings. The lowest BCUT2D eigenvalue weighted by atomic mass is 10.1. The van der Waals surface area contributed by atoms with Crippen molar-refractivity contribution in [3.63, 3.8) is 0 Å². The number of pyridine rings is 2. The first-order valence-corrected chi connectivity index (χ1v) is 13.8. The number of fused-ring (bicyclic) bond motifs is 2. The Kier molecular flexibility index (Phi) is 11.6. The van der Waals surface area contributed by atoms with Crippen molar-refractivity contribution < 1.29 is 19.1 Å². The molecule has 216 valence electrons. The summed E-state index contributed by atoms with van der Waals surface area (Å²) in [4.78, 5) is 30.1. The average Bonchev–Trinajstić information content (AvgIpc) is 3.04. The molecule has 0 unspecified atom stereocenters. The molecule has 0 saturated carbocycles. The van der Waals surface area contributed by atoms with Gasteiger partial charge < -0.3 is 15.2 Å². The van der Waals surface area contributed by atoms with E-state index in [1.807, 2.05) is 122 Å². The highest BCUT2D eigenvalue weighted by molar-refractivity contribution is 6.61. The maximum Gasteiger partial charge on any atom is 0.404 e. The second-order valence-corrected chi connectivity index (χ2v) is 9.68. The van der Waals surface area contributed by atoms with Gasteiger partial charge in [0.15, 0.2) is 0 Å². The normalized spacial score (nSPS) is 10.1. The molecule has 0 saturated heterocycles. The monoisotopic (exact) mass is 591 g/mol. The predicted molar refractivity (Wildman–Crippen MR) is 170 cm³/mol. The van der Waals surface area contributed by atoms with Gasteiger partial charge in [0.05, 0.1) is 6.42 Å². The molecular formula is C35H30ClN3O4. The lowest BCUT2D eigenvalue weighted by Gasteiger charge is -2.06. The first-order valence-electron chi connectivity index (χ1n) is 13.4. The van der Waals surface area contributed by atoms with Crippen LogP contribution in [0.3, 0.4) is 0 Å². The number of halogens is 1. The number of benzene rings is 4. The molecule has 2 N–H and O–H groups in total. The standard InChI is InChI=1S/C18H15NO2.C9H8N2.C8H7ClO2/c20-18(21-13-14-4-2-1-3-5-14)11-15-6-7-17-12-19-9-8-16(17)10-15;10-9-2-1-8-6-11-4-3-7(8)5-9;9-8(10)11-6-7-4-2-1-3-5-7/h1-10,12H,11,13H2;1-6H,10H2;1-5H,6H2. The number of hydrogen-bond donors (Lipinski definition) is 1.